The zero-order valence-electron chi connectivity index (χ0n) is 19.7. The molecule has 1 aliphatic heterocycles. The van der Waals surface area contributed by atoms with Crippen molar-refractivity contribution in [2.45, 2.75) is 29.6 Å². The summed E-state index contributed by atoms with van der Waals surface area (Å²) < 4.78 is 45.7. The molecule has 0 radical (unpaired) electrons. The Morgan fingerprint density at radius 2 is 1.94 bits per heavy atom. The van der Waals surface area contributed by atoms with Gasteiger partial charge in [0.1, 0.15) is 28.4 Å². The molecular formula is C24H28N2O7S2. The number of fused-ring (bicyclic) bond motifs is 1. The maximum atomic E-state index is 11.9. The fraction of sp³-hybridized carbons (Fsp3) is 0.375. The summed E-state index contributed by atoms with van der Waals surface area (Å²) >= 11 is 1.65. The Hall–Kier alpha value is -2.57. The topological polar surface area (TPSA) is 119 Å². The molecule has 2 heterocycles. The van der Waals surface area contributed by atoms with Crippen molar-refractivity contribution in [2.24, 2.45) is 4.99 Å². The average molecular weight is 521 g/mol. The Morgan fingerprint density at radius 3 is 2.63 bits per heavy atom. The fourth-order valence-corrected chi connectivity index (χ4v) is 5.44. The van der Waals surface area contributed by atoms with E-state index in [1.54, 1.807) is 37.1 Å². The van der Waals surface area contributed by atoms with Gasteiger partial charge in [-0.15, -0.1) is 0 Å². The summed E-state index contributed by atoms with van der Waals surface area (Å²) in [6, 6.07) is 11.7. The van der Waals surface area contributed by atoms with Crippen LogP contribution in [0.3, 0.4) is 0 Å². The molecule has 0 bridgehead atoms. The van der Waals surface area contributed by atoms with Gasteiger partial charge < -0.3 is 24.3 Å². The maximum Gasteiger partial charge on any atom is 0.296 e. The molecule has 1 aromatic heterocycles. The Morgan fingerprint density at radius 1 is 1.17 bits per heavy atom. The number of thioether (sulfide) groups is 1. The first-order valence-electron chi connectivity index (χ1n) is 11.1. The van der Waals surface area contributed by atoms with Crippen LogP contribution in [0, 0.1) is 0 Å². The molecule has 2 atom stereocenters. The summed E-state index contributed by atoms with van der Waals surface area (Å²) in [4.78, 5) is 8.10. The van der Waals surface area contributed by atoms with Gasteiger partial charge in [0.15, 0.2) is 0 Å². The van der Waals surface area contributed by atoms with Gasteiger partial charge in [0.2, 0.25) is 0 Å². The minimum Gasteiger partial charge on any atom is -0.486 e. The number of nitrogens with one attached hydrogen (secondary N) is 1. The summed E-state index contributed by atoms with van der Waals surface area (Å²) in [5.74, 6) is 1.60. The number of benzene rings is 2. The molecule has 3 aromatic rings. The predicted molar refractivity (Wildman–Crippen MR) is 135 cm³/mol. The molecule has 2 unspecified atom stereocenters. The lowest BCUT2D eigenvalue weighted by Gasteiger charge is -2.16. The minimum absolute atomic E-state index is 0.0461. The summed E-state index contributed by atoms with van der Waals surface area (Å²) in [7, 11) is -1.04. The van der Waals surface area contributed by atoms with E-state index >= 15 is 0 Å². The number of aliphatic hydroxyl groups excluding tert-OH is 1. The highest BCUT2D eigenvalue weighted by molar-refractivity contribution is 8.15. The van der Waals surface area contributed by atoms with E-state index in [0.717, 1.165) is 28.8 Å². The number of aromatic amines is 1. The second-order valence-corrected chi connectivity index (χ2v) is 11.0. The third kappa shape index (κ3) is 5.99. The van der Waals surface area contributed by atoms with Crippen LogP contribution in [0.2, 0.25) is 0 Å². The monoisotopic (exact) mass is 520 g/mol. The fourth-order valence-electron chi connectivity index (χ4n) is 3.70. The van der Waals surface area contributed by atoms with E-state index < -0.39 is 10.1 Å². The number of ether oxygens (including phenoxy) is 3. The first-order valence-corrected chi connectivity index (χ1v) is 13.3. The van der Waals surface area contributed by atoms with Gasteiger partial charge in [-0.2, -0.15) is 8.42 Å². The van der Waals surface area contributed by atoms with Gasteiger partial charge in [-0.1, -0.05) is 11.8 Å². The van der Waals surface area contributed by atoms with Crippen molar-refractivity contribution >= 4 is 37.8 Å². The zero-order chi connectivity index (χ0) is 25.0. The predicted octanol–water partition coefficient (Wildman–Crippen LogP) is 3.95. The minimum atomic E-state index is -3.77. The third-order valence-electron chi connectivity index (χ3n) is 5.36. The summed E-state index contributed by atoms with van der Waals surface area (Å²) in [6.07, 6.45) is 0.499. The van der Waals surface area contributed by atoms with Crippen LogP contribution in [-0.4, -0.2) is 68.9 Å². The molecule has 0 saturated carbocycles. The number of hydrogen-bond acceptors (Lipinski definition) is 9. The van der Waals surface area contributed by atoms with Gasteiger partial charge in [0.05, 0.1) is 36.4 Å². The second-order valence-electron chi connectivity index (χ2n) is 8.04. The molecule has 4 rings (SSSR count). The van der Waals surface area contributed by atoms with E-state index in [0.29, 0.717) is 36.8 Å². The van der Waals surface area contributed by atoms with Crippen LogP contribution in [0.5, 0.6) is 17.2 Å². The van der Waals surface area contributed by atoms with E-state index in [1.807, 2.05) is 19.1 Å². The van der Waals surface area contributed by atoms with Crippen molar-refractivity contribution in [1.29, 1.82) is 0 Å². The van der Waals surface area contributed by atoms with Crippen LogP contribution in [-0.2, 0) is 19.0 Å². The van der Waals surface area contributed by atoms with E-state index in [9.17, 15) is 13.5 Å². The third-order valence-corrected chi connectivity index (χ3v) is 7.94. The van der Waals surface area contributed by atoms with Crippen molar-refractivity contribution in [3.05, 3.63) is 48.2 Å². The molecule has 1 aliphatic rings. The average Bonchev–Trinajstić information content (AvgIpc) is 3.47. The quantitative estimate of drug-likeness (QED) is 0.365. The number of aliphatic hydroxyl groups is 1. The summed E-state index contributed by atoms with van der Waals surface area (Å²) in [5.41, 5.74) is 1.69. The highest BCUT2D eigenvalue weighted by Gasteiger charge is 2.23. The highest BCUT2D eigenvalue weighted by atomic mass is 32.2. The van der Waals surface area contributed by atoms with Crippen LogP contribution >= 0.6 is 11.8 Å². The molecule has 2 N–H and O–H groups in total. The van der Waals surface area contributed by atoms with Crippen LogP contribution in [0.1, 0.15) is 19.0 Å². The first-order chi connectivity index (χ1) is 16.8. The number of H-pyrrole nitrogens is 1. The number of aromatic nitrogens is 1. The van der Waals surface area contributed by atoms with Crippen LogP contribution in [0.25, 0.3) is 10.9 Å². The molecule has 0 amide bonds. The zero-order valence-corrected chi connectivity index (χ0v) is 21.3. The van der Waals surface area contributed by atoms with Gasteiger partial charge in [0, 0.05) is 30.4 Å². The Labute approximate surface area is 208 Å². The van der Waals surface area contributed by atoms with Gasteiger partial charge in [-0.3, -0.25) is 9.18 Å². The SMILES string of the molecule is COCC(C)Oc1cc(Oc2ccc(S(=O)(=O)OC)cc2)cc2cc(C3=NCC(CCO)S3)[nH]c12. The van der Waals surface area contributed by atoms with Crippen LogP contribution in [0.4, 0.5) is 0 Å². The lowest BCUT2D eigenvalue weighted by molar-refractivity contribution is 0.0928. The molecule has 11 heteroatoms. The molecular weight excluding hydrogens is 492 g/mol. The maximum absolute atomic E-state index is 11.9. The van der Waals surface area contributed by atoms with Crippen LogP contribution in [0.15, 0.2) is 52.4 Å². The Kier molecular flexibility index (Phi) is 8.02. The van der Waals surface area contributed by atoms with E-state index in [-0.39, 0.29) is 22.9 Å². The molecule has 2 aromatic carbocycles. The van der Waals surface area contributed by atoms with E-state index in [2.05, 4.69) is 14.2 Å². The molecule has 0 spiro atoms. The van der Waals surface area contributed by atoms with Crippen molar-refractivity contribution in [2.75, 3.05) is 34.0 Å². The van der Waals surface area contributed by atoms with Gasteiger partial charge >= 0.3 is 0 Å². The molecule has 0 fully saturated rings. The van der Waals surface area contributed by atoms with Crippen molar-refractivity contribution in [3.8, 4) is 17.2 Å². The van der Waals surface area contributed by atoms with E-state index in [1.165, 1.54) is 12.1 Å². The molecule has 0 aliphatic carbocycles. The number of aliphatic imine (C=N–C) groups is 1. The Balaban J connectivity index is 1.65. The number of nitrogens with zero attached hydrogens (tertiary/aromatic N) is 1. The lowest BCUT2D eigenvalue weighted by Crippen LogP contribution is -2.18. The summed E-state index contributed by atoms with van der Waals surface area (Å²) in [6.45, 7) is 3.15. The lowest BCUT2D eigenvalue weighted by atomic mass is 10.2. The van der Waals surface area contributed by atoms with Gasteiger partial charge in [-0.05, 0) is 49.7 Å². The van der Waals surface area contributed by atoms with Gasteiger partial charge in [-0.25, -0.2) is 0 Å². The highest BCUT2D eigenvalue weighted by Crippen LogP contribution is 2.36. The molecule has 35 heavy (non-hydrogen) atoms. The number of rotatable bonds is 11. The Bertz CT molecular complexity index is 1300. The van der Waals surface area contributed by atoms with Gasteiger partial charge in [0.25, 0.3) is 10.1 Å². The normalized spacial score (nSPS) is 16.9. The summed E-state index contributed by atoms with van der Waals surface area (Å²) in [5, 5.41) is 11.3. The largest absolute Gasteiger partial charge is 0.486 e. The molecule has 0 saturated heterocycles. The van der Waals surface area contributed by atoms with Crippen molar-refractivity contribution in [3.63, 3.8) is 0 Å². The van der Waals surface area contributed by atoms with Crippen LogP contribution < -0.4 is 9.47 Å². The van der Waals surface area contributed by atoms with E-state index in [4.69, 9.17) is 14.2 Å². The van der Waals surface area contributed by atoms with Crippen molar-refractivity contribution in [1.82, 2.24) is 4.98 Å². The van der Waals surface area contributed by atoms with Crippen molar-refractivity contribution < 1.29 is 31.9 Å². The standard InChI is InChI=1S/C24H28N2O7S2/c1-15(14-30-2)32-22-12-18(33-17-4-6-20(7-5-17)35(28,29)31-3)10-16-11-21(26-23(16)22)24-25-13-19(34-24)8-9-27/h4-7,10-12,15,19,26-27H,8-9,13-14H2,1-3H3. The first kappa shape index (κ1) is 25.5. The smallest absolute Gasteiger partial charge is 0.296 e. The number of hydrogen-bond donors (Lipinski definition) is 2. The molecule has 188 valence electrons. The second kappa shape index (κ2) is 11.0. The molecule has 9 nitrogen and oxygen atoms in total. The number of methoxy groups -OCH3 is 1.